The maximum Gasteiger partial charge on any atom is 0.315 e. The molecule has 2 atom stereocenters. The van der Waals surface area contributed by atoms with E-state index in [-0.39, 0.29) is 11.7 Å². The lowest BCUT2D eigenvalue weighted by molar-refractivity contribution is -0.384. The second-order valence-electron chi connectivity index (χ2n) is 4.90. The van der Waals surface area contributed by atoms with Crippen LogP contribution in [0.15, 0.2) is 24.3 Å². The number of rotatable bonds is 5. The Labute approximate surface area is 111 Å². The summed E-state index contributed by atoms with van der Waals surface area (Å²) < 4.78 is 0. The van der Waals surface area contributed by atoms with Crippen molar-refractivity contribution in [1.82, 2.24) is 10.6 Å². The fourth-order valence-electron chi connectivity index (χ4n) is 1.89. The molecule has 1 aromatic carbocycles. The number of nitrogens with zero attached hydrogens (tertiary/aromatic N) is 1. The van der Waals surface area contributed by atoms with E-state index in [2.05, 4.69) is 17.6 Å². The Balaban J connectivity index is 1.74. The van der Waals surface area contributed by atoms with Crippen LogP contribution in [-0.4, -0.2) is 23.5 Å². The Morgan fingerprint density at radius 3 is 2.89 bits per heavy atom. The highest BCUT2D eigenvalue weighted by atomic mass is 16.6. The van der Waals surface area contributed by atoms with E-state index in [9.17, 15) is 14.9 Å². The number of nitrogens with one attached hydrogen (secondary N) is 2. The number of hydrogen-bond acceptors (Lipinski definition) is 3. The Morgan fingerprint density at radius 2 is 2.26 bits per heavy atom. The van der Waals surface area contributed by atoms with E-state index in [0.717, 1.165) is 12.0 Å². The molecule has 1 fully saturated rings. The molecule has 0 aliphatic heterocycles. The molecule has 0 unspecified atom stereocenters. The minimum Gasteiger partial charge on any atom is -0.338 e. The first-order valence-electron chi connectivity index (χ1n) is 6.34. The van der Waals surface area contributed by atoms with Crippen LogP contribution < -0.4 is 10.6 Å². The third-order valence-corrected chi connectivity index (χ3v) is 3.25. The number of hydrogen-bond donors (Lipinski definition) is 2. The second-order valence-corrected chi connectivity index (χ2v) is 4.90. The van der Waals surface area contributed by atoms with E-state index in [0.29, 0.717) is 24.9 Å². The molecule has 6 heteroatoms. The van der Waals surface area contributed by atoms with Gasteiger partial charge in [-0.25, -0.2) is 4.79 Å². The number of carbonyl (C=O) groups is 1. The van der Waals surface area contributed by atoms with Gasteiger partial charge in [0, 0.05) is 24.7 Å². The molecule has 1 aliphatic carbocycles. The van der Waals surface area contributed by atoms with E-state index >= 15 is 0 Å². The highest BCUT2D eigenvalue weighted by Gasteiger charge is 2.33. The second kappa shape index (κ2) is 5.69. The maximum absolute atomic E-state index is 11.5. The van der Waals surface area contributed by atoms with Gasteiger partial charge in [0.1, 0.15) is 0 Å². The molecule has 0 heterocycles. The highest BCUT2D eigenvalue weighted by Crippen LogP contribution is 2.28. The first kappa shape index (κ1) is 13.3. The lowest BCUT2D eigenvalue weighted by atomic mass is 10.1. The summed E-state index contributed by atoms with van der Waals surface area (Å²) >= 11 is 0. The molecule has 2 amide bonds. The number of urea groups is 1. The summed E-state index contributed by atoms with van der Waals surface area (Å²) in [5.41, 5.74) is 0.919. The van der Waals surface area contributed by atoms with Crippen molar-refractivity contribution in [1.29, 1.82) is 0 Å². The largest absolute Gasteiger partial charge is 0.338 e. The SMILES string of the molecule is C[C@H]1C[C@@H]1NC(=O)NCCc1cccc([N+](=O)[O-])c1. The van der Waals surface area contributed by atoms with Gasteiger partial charge in [0.2, 0.25) is 0 Å². The van der Waals surface area contributed by atoms with Crippen molar-refractivity contribution in [3.63, 3.8) is 0 Å². The molecule has 0 radical (unpaired) electrons. The number of non-ortho nitro benzene ring substituents is 1. The van der Waals surface area contributed by atoms with Crippen molar-refractivity contribution in [3.8, 4) is 0 Å². The first-order chi connectivity index (χ1) is 9.06. The summed E-state index contributed by atoms with van der Waals surface area (Å²) in [7, 11) is 0. The van der Waals surface area contributed by atoms with Crippen molar-refractivity contribution < 1.29 is 9.72 Å². The van der Waals surface area contributed by atoms with Gasteiger partial charge in [-0.05, 0) is 24.3 Å². The van der Waals surface area contributed by atoms with Gasteiger partial charge >= 0.3 is 6.03 Å². The molecule has 19 heavy (non-hydrogen) atoms. The van der Waals surface area contributed by atoms with Crippen LogP contribution in [0.4, 0.5) is 10.5 Å². The maximum atomic E-state index is 11.5. The fourth-order valence-corrected chi connectivity index (χ4v) is 1.89. The van der Waals surface area contributed by atoms with E-state index in [1.54, 1.807) is 6.07 Å². The number of amides is 2. The average molecular weight is 263 g/mol. The predicted octanol–water partition coefficient (Wildman–Crippen LogP) is 1.84. The molecule has 0 saturated heterocycles. The fraction of sp³-hybridized carbons (Fsp3) is 0.462. The molecule has 1 aromatic rings. The third kappa shape index (κ3) is 3.94. The van der Waals surface area contributed by atoms with Crippen LogP contribution in [0.2, 0.25) is 0 Å². The molecular weight excluding hydrogens is 246 g/mol. The minimum absolute atomic E-state index is 0.0776. The van der Waals surface area contributed by atoms with Gasteiger partial charge in [0.05, 0.1) is 4.92 Å². The zero-order valence-corrected chi connectivity index (χ0v) is 10.8. The van der Waals surface area contributed by atoms with Gasteiger partial charge in [-0.15, -0.1) is 0 Å². The van der Waals surface area contributed by atoms with Crippen molar-refractivity contribution >= 4 is 11.7 Å². The van der Waals surface area contributed by atoms with Crippen molar-refractivity contribution in [3.05, 3.63) is 39.9 Å². The molecule has 1 aliphatic rings. The topological polar surface area (TPSA) is 84.3 Å². The average Bonchev–Trinajstić information content (AvgIpc) is 3.05. The van der Waals surface area contributed by atoms with E-state index in [1.807, 2.05) is 6.07 Å². The van der Waals surface area contributed by atoms with Crippen LogP contribution in [0, 0.1) is 16.0 Å². The van der Waals surface area contributed by atoms with Crippen molar-refractivity contribution in [2.75, 3.05) is 6.54 Å². The van der Waals surface area contributed by atoms with E-state index < -0.39 is 4.92 Å². The first-order valence-corrected chi connectivity index (χ1v) is 6.34. The molecule has 102 valence electrons. The van der Waals surface area contributed by atoms with Gasteiger partial charge in [-0.1, -0.05) is 19.1 Å². The molecule has 2 N–H and O–H groups in total. The molecule has 6 nitrogen and oxygen atoms in total. The molecule has 0 aromatic heterocycles. The molecular formula is C13H17N3O3. The Kier molecular flexibility index (Phi) is 3.99. The zero-order valence-electron chi connectivity index (χ0n) is 10.8. The summed E-state index contributed by atoms with van der Waals surface area (Å²) in [6.45, 7) is 2.56. The Bertz CT molecular complexity index is 490. The highest BCUT2D eigenvalue weighted by molar-refractivity contribution is 5.74. The van der Waals surface area contributed by atoms with Gasteiger partial charge in [0.25, 0.3) is 5.69 Å². The van der Waals surface area contributed by atoms with Gasteiger partial charge in [-0.2, -0.15) is 0 Å². The van der Waals surface area contributed by atoms with Gasteiger partial charge in [-0.3, -0.25) is 10.1 Å². The predicted molar refractivity (Wildman–Crippen MR) is 70.9 cm³/mol. The third-order valence-electron chi connectivity index (χ3n) is 3.25. The quantitative estimate of drug-likeness (QED) is 0.628. The molecule has 2 rings (SSSR count). The summed E-state index contributed by atoms with van der Waals surface area (Å²) in [4.78, 5) is 21.7. The lowest BCUT2D eigenvalue weighted by Crippen LogP contribution is -2.38. The minimum atomic E-state index is -0.419. The van der Waals surface area contributed by atoms with Crippen LogP contribution in [0.1, 0.15) is 18.9 Å². The smallest absolute Gasteiger partial charge is 0.315 e. The summed E-state index contributed by atoms with van der Waals surface area (Å²) in [5.74, 6) is 0.572. The van der Waals surface area contributed by atoms with Gasteiger partial charge < -0.3 is 10.6 Å². The van der Waals surface area contributed by atoms with Crippen LogP contribution in [0.3, 0.4) is 0 Å². The van der Waals surface area contributed by atoms with Crippen LogP contribution in [-0.2, 0) is 6.42 Å². The summed E-state index contributed by atoms with van der Waals surface area (Å²) in [6, 6.07) is 6.59. The van der Waals surface area contributed by atoms with Crippen molar-refractivity contribution in [2.24, 2.45) is 5.92 Å². The Hall–Kier alpha value is -2.11. The van der Waals surface area contributed by atoms with Crippen LogP contribution in [0.5, 0.6) is 0 Å². The van der Waals surface area contributed by atoms with Crippen LogP contribution in [0.25, 0.3) is 0 Å². The molecule has 1 saturated carbocycles. The summed E-state index contributed by atoms with van der Waals surface area (Å²) in [6.07, 6.45) is 1.62. The molecule has 0 bridgehead atoms. The van der Waals surface area contributed by atoms with Gasteiger partial charge in [0.15, 0.2) is 0 Å². The zero-order chi connectivity index (χ0) is 13.8. The Morgan fingerprint density at radius 1 is 1.53 bits per heavy atom. The van der Waals surface area contributed by atoms with Crippen molar-refractivity contribution in [2.45, 2.75) is 25.8 Å². The summed E-state index contributed by atoms with van der Waals surface area (Å²) in [5, 5.41) is 16.2. The number of nitro groups is 1. The number of carbonyl (C=O) groups excluding carboxylic acids is 1. The molecule has 0 spiro atoms. The van der Waals surface area contributed by atoms with E-state index in [1.165, 1.54) is 12.1 Å². The number of nitro benzene ring substituents is 1. The van der Waals surface area contributed by atoms with Crippen LogP contribution >= 0.6 is 0 Å². The lowest BCUT2D eigenvalue weighted by Gasteiger charge is -2.06. The monoisotopic (exact) mass is 263 g/mol. The normalized spacial score (nSPS) is 20.7. The standard InChI is InChI=1S/C13H17N3O3/c1-9-7-12(9)15-13(17)14-6-5-10-3-2-4-11(8-10)16(18)19/h2-4,8-9,12H,5-7H2,1H3,(H2,14,15,17)/t9-,12-/m0/s1. The number of benzene rings is 1. The van der Waals surface area contributed by atoms with E-state index in [4.69, 9.17) is 0 Å².